The molecule has 0 fully saturated rings. The Kier molecular flexibility index (Phi) is 5.37. The molecule has 0 unspecified atom stereocenters. The van der Waals surface area contributed by atoms with Gasteiger partial charge in [0.15, 0.2) is 5.76 Å². The predicted molar refractivity (Wildman–Crippen MR) is 100 cm³/mol. The second-order valence-corrected chi connectivity index (χ2v) is 6.44. The Morgan fingerprint density at radius 1 is 1.22 bits per heavy atom. The summed E-state index contributed by atoms with van der Waals surface area (Å²) >= 11 is 5.89. The summed E-state index contributed by atoms with van der Waals surface area (Å²) in [6.45, 7) is 3.49. The molecule has 27 heavy (non-hydrogen) atoms. The summed E-state index contributed by atoms with van der Waals surface area (Å²) in [5.74, 6) is 0.217. The van der Waals surface area contributed by atoms with Gasteiger partial charge in [-0.15, -0.1) is 0 Å². The number of nitrogens with zero attached hydrogens (tertiary/aromatic N) is 1. The first-order valence-corrected chi connectivity index (χ1v) is 8.54. The number of phenols is 1. The van der Waals surface area contributed by atoms with Gasteiger partial charge < -0.3 is 19.1 Å². The minimum absolute atomic E-state index is 0.123. The van der Waals surface area contributed by atoms with E-state index < -0.39 is 5.97 Å². The maximum atomic E-state index is 11.8. The van der Waals surface area contributed by atoms with Crippen molar-refractivity contribution in [2.75, 3.05) is 7.11 Å². The molecule has 0 bridgehead atoms. The molecule has 0 amide bonds. The lowest BCUT2D eigenvalue weighted by atomic mass is 10.0. The van der Waals surface area contributed by atoms with Gasteiger partial charge in [0, 0.05) is 22.2 Å². The van der Waals surface area contributed by atoms with Gasteiger partial charge in [-0.05, 0) is 37.6 Å². The molecule has 0 saturated carbocycles. The van der Waals surface area contributed by atoms with Crippen LogP contribution in [0.3, 0.4) is 0 Å². The quantitative estimate of drug-likeness (QED) is 0.640. The summed E-state index contributed by atoms with van der Waals surface area (Å²) in [6, 6.07) is 10.7. The Balaban J connectivity index is 1.78. The first-order chi connectivity index (χ1) is 12.9. The molecule has 0 saturated heterocycles. The number of phenolic OH excluding ortho intramolecular Hbond substituents is 1. The molecule has 3 rings (SSSR count). The van der Waals surface area contributed by atoms with Crippen molar-refractivity contribution in [1.29, 1.82) is 0 Å². The van der Waals surface area contributed by atoms with Crippen LogP contribution in [0.2, 0.25) is 5.02 Å². The number of halogens is 1. The lowest BCUT2D eigenvalue weighted by molar-refractivity contribution is 0.0596. The summed E-state index contributed by atoms with van der Waals surface area (Å²) in [4.78, 5) is 11.8. The van der Waals surface area contributed by atoms with E-state index in [0.29, 0.717) is 33.4 Å². The van der Waals surface area contributed by atoms with Crippen molar-refractivity contribution in [3.63, 3.8) is 0 Å². The van der Waals surface area contributed by atoms with Crippen LogP contribution in [-0.2, 0) is 11.3 Å². The highest BCUT2D eigenvalue weighted by atomic mass is 35.5. The fourth-order valence-corrected chi connectivity index (χ4v) is 2.79. The third-order valence-corrected chi connectivity index (χ3v) is 4.41. The normalized spacial score (nSPS) is 10.7. The maximum absolute atomic E-state index is 11.8. The molecule has 140 valence electrons. The molecule has 3 aromatic rings. The minimum atomic E-state index is -0.595. The van der Waals surface area contributed by atoms with E-state index in [2.05, 4.69) is 5.16 Å². The van der Waals surface area contributed by atoms with Crippen LogP contribution in [0.25, 0.3) is 11.3 Å². The molecule has 1 aromatic heterocycles. The van der Waals surface area contributed by atoms with E-state index in [4.69, 9.17) is 25.6 Å². The Morgan fingerprint density at radius 3 is 2.59 bits per heavy atom. The number of hydrogen-bond acceptors (Lipinski definition) is 6. The number of aryl methyl sites for hydroxylation is 1. The first-order valence-electron chi connectivity index (χ1n) is 8.16. The van der Waals surface area contributed by atoms with Crippen LogP contribution in [0.15, 0.2) is 40.9 Å². The van der Waals surface area contributed by atoms with Crippen LogP contribution < -0.4 is 4.74 Å². The molecule has 0 aliphatic heterocycles. The number of aromatic nitrogens is 1. The standard InChI is InChI=1S/C20H18ClNO5/c1-11-8-17(12(2)19(23)18(11)20(24)25-3)26-10-15-9-16(22-27-15)13-4-6-14(21)7-5-13/h4-9,23H,10H2,1-3H3. The maximum Gasteiger partial charge on any atom is 0.341 e. The van der Waals surface area contributed by atoms with E-state index in [0.717, 1.165) is 5.56 Å². The molecule has 0 radical (unpaired) electrons. The highest BCUT2D eigenvalue weighted by Gasteiger charge is 2.20. The van der Waals surface area contributed by atoms with Crippen LogP contribution in [-0.4, -0.2) is 23.3 Å². The SMILES string of the molecule is COC(=O)c1c(C)cc(OCc2cc(-c3ccc(Cl)cc3)no2)c(C)c1O. The molecule has 6 nitrogen and oxygen atoms in total. The molecule has 1 N–H and O–H groups in total. The number of carbonyl (C=O) groups is 1. The van der Waals surface area contributed by atoms with E-state index in [9.17, 15) is 9.90 Å². The van der Waals surface area contributed by atoms with Crippen LogP contribution in [0.5, 0.6) is 11.5 Å². The fraction of sp³-hybridized carbons (Fsp3) is 0.200. The number of rotatable bonds is 5. The highest BCUT2D eigenvalue weighted by molar-refractivity contribution is 6.30. The average Bonchev–Trinajstić information content (AvgIpc) is 3.13. The second kappa shape index (κ2) is 7.72. The number of esters is 1. The van der Waals surface area contributed by atoms with Gasteiger partial charge >= 0.3 is 5.97 Å². The van der Waals surface area contributed by atoms with Gasteiger partial charge in [0.05, 0.1) is 7.11 Å². The van der Waals surface area contributed by atoms with Crippen molar-refractivity contribution in [1.82, 2.24) is 5.16 Å². The first kappa shape index (κ1) is 18.8. The molecule has 0 atom stereocenters. The van der Waals surface area contributed by atoms with Crippen molar-refractivity contribution in [3.8, 4) is 22.8 Å². The highest BCUT2D eigenvalue weighted by Crippen LogP contribution is 2.34. The number of carbonyl (C=O) groups excluding carboxylic acids is 1. The van der Waals surface area contributed by atoms with Gasteiger partial charge in [0.1, 0.15) is 29.4 Å². The van der Waals surface area contributed by atoms with Crippen molar-refractivity contribution >= 4 is 17.6 Å². The van der Waals surface area contributed by atoms with Crippen molar-refractivity contribution in [2.24, 2.45) is 0 Å². The fourth-order valence-electron chi connectivity index (χ4n) is 2.66. The smallest absolute Gasteiger partial charge is 0.341 e. The summed E-state index contributed by atoms with van der Waals surface area (Å²) in [7, 11) is 1.27. The zero-order chi connectivity index (χ0) is 19.6. The topological polar surface area (TPSA) is 81.8 Å². The number of hydrogen-bond donors (Lipinski definition) is 1. The van der Waals surface area contributed by atoms with Gasteiger partial charge in [-0.1, -0.05) is 28.9 Å². The Bertz CT molecular complexity index is 979. The summed E-state index contributed by atoms with van der Waals surface area (Å²) in [5, 5.41) is 15.0. The second-order valence-electron chi connectivity index (χ2n) is 6.01. The van der Waals surface area contributed by atoms with E-state index in [1.54, 1.807) is 38.1 Å². The largest absolute Gasteiger partial charge is 0.507 e. The van der Waals surface area contributed by atoms with Gasteiger partial charge in [-0.2, -0.15) is 0 Å². The zero-order valence-corrected chi connectivity index (χ0v) is 15.8. The number of methoxy groups -OCH3 is 1. The number of ether oxygens (including phenoxy) is 2. The van der Waals surface area contributed by atoms with Gasteiger partial charge in [-0.3, -0.25) is 0 Å². The Labute approximate surface area is 161 Å². The predicted octanol–water partition coefficient (Wildman–Crippen LogP) is 4.68. The molecule has 0 aliphatic carbocycles. The Hall–Kier alpha value is -2.99. The molecule has 2 aromatic carbocycles. The molecule has 0 spiro atoms. The lowest BCUT2D eigenvalue weighted by Crippen LogP contribution is -2.06. The van der Waals surface area contributed by atoms with Crippen LogP contribution in [0.4, 0.5) is 0 Å². The van der Waals surface area contributed by atoms with Crippen LogP contribution >= 0.6 is 11.6 Å². The number of benzene rings is 2. The molecular formula is C20H18ClNO5. The van der Waals surface area contributed by atoms with Crippen LogP contribution in [0.1, 0.15) is 27.2 Å². The van der Waals surface area contributed by atoms with Crippen molar-refractivity contribution in [3.05, 3.63) is 63.9 Å². The lowest BCUT2D eigenvalue weighted by Gasteiger charge is -2.14. The average molecular weight is 388 g/mol. The van der Waals surface area contributed by atoms with E-state index in [1.165, 1.54) is 7.11 Å². The van der Waals surface area contributed by atoms with E-state index in [1.807, 2.05) is 12.1 Å². The van der Waals surface area contributed by atoms with Crippen molar-refractivity contribution in [2.45, 2.75) is 20.5 Å². The zero-order valence-electron chi connectivity index (χ0n) is 15.1. The van der Waals surface area contributed by atoms with Crippen molar-refractivity contribution < 1.29 is 23.9 Å². The minimum Gasteiger partial charge on any atom is -0.507 e. The van der Waals surface area contributed by atoms with Crippen LogP contribution in [0, 0.1) is 13.8 Å². The monoisotopic (exact) mass is 387 g/mol. The number of aromatic hydroxyl groups is 1. The molecule has 1 heterocycles. The van der Waals surface area contributed by atoms with E-state index >= 15 is 0 Å². The summed E-state index contributed by atoms with van der Waals surface area (Å²) in [5.41, 5.74) is 2.67. The molecular weight excluding hydrogens is 370 g/mol. The van der Waals surface area contributed by atoms with Gasteiger partial charge in [0.2, 0.25) is 0 Å². The molecule has 7 heteroatoms. The summed E-state index contributed by atoms with van der Waals surface area (Å²) < 4.78 is 15.8. The molecule has 0 aliphatic rings. The third kappa shape index (κ3) is 3.90. The van der Waals surface area contributed by atoms with Gasteiger partial charge in [-0.25, -0.2) is 4.79 Å². The van der Waals surface area contributed by atoms with E-state index in [-0.39, 0.29) is 17.9 Å². The summed E-state index contributed by atoms with van der Waals surface area (Å²) in [6.07, 6.45) is 0. The van der Waals surface area contributed by atoms with Gasteiger partial charge in [0.25, 0.3) is 0 Å². The Morgan fingerprint density at radius 2 is 1.93 bits per heavy atom. The third-order valence-electron chi connectivity index (χ3n) is 4.16.